The smallest absolute Gasteiger partial charge is 0.345 e. The van der Waals surface area contributed by atoms with Crippen LogP contribution in [0.5, 0.6) is 0 Å². The molecule has 2 unspecified atom stereocenters. The number of nitrogens with zero attached hydrogens (tertiary/aromatic N) is 2. The lowest BCUT2D eigenvalue weighted by Crippen LogP contribution is -2.36. The summed E-state index contributed by atoms with van der Waals surface area (Å²) in [5, 5.41) is 3.02. The van der Waals surface area contributed by atoms with E-state index >= 15 is 0 Å². The predicted molar refractivity (Wildman–Crippen MR) is 110 cm³/mol. The van der Waals surface area contributed by atoms with Crippen LogP contribution in [-0.2, 0) is 15.8 Å². The molecule has 166 valence electrons. The van der Waals surface area contributed by atoms with Gasteiger partial charge in [-0.15, -0.1) is 0 Å². The molecule has 32 heavy (non-hydrogen) atoms. The van der Waals surface area contributed by atoms with Gasteiger partial charge in [0.1, 0.15) is 0 Å². The summed E-state index contributed by atoms with van der Waals surface area (Å²) in [6.07, 6.45) is -2.43. The van der Waals surface area contributed by atoms with E-state index in [9.17, 15) is 22.8 Å². The van der Waals surface area contributed by atoms with Crippen LogP contribution in [0.25, 0.3) is 11.0 Å². The molecule has 5 rings (SSSR count). The van der Waals surface area contributed by atoms with Crippen molar-refractivity contribution in [3.8, 4) is 0 Å². The molecule has 2 atom stereocenters. The summed E-state index contributed by atoms with van der Waals surface area (Å²) in [4.78, 5) is 33.1. The van der Waals surface area contributed by atoms with Crippen molar-refractivity contribution in [2.75, 3.05) is 6.54 Å². The fourth-order valence-electron chi connectivity index (χ4n) is 4.25. The van der Waals surface area contributed by atoms with Crippen molar-refractivity contribution >= 4 is 22.8 Å². The van der Waals surface area contributed by atoms with E-state index in [2.05, 4.69) is 15.3 Å². The van der Waals surface area contributed by atoms with Crippen LogP contribution < -0.4 is 5.32 Å². The minimum Gasteiger partial charge on any atom is -0.345 e. The second-order valence-electron chi connectivity index (χ2n) is 8.39. The number of nitrogens with one attached hydrogen (secondary N) is 2. The zero-order chi connectivity index (χ0) is 22.5. The maximum absolute atomic E-state index is 13.1. The van der Waals surface area contributed by atoms with Gasteiger partial charge in [0, 0.05) is 19.0 Å². The van der Waals surface area contributed by atoms with Gasteiger partial charge in [0.05, 0.1) is 23.0 Å². The van der Waals surface area contributed by atoms with Crippen molar-refractivity contribution in [3.05, 3.63) is 65.5 Å². The van der Waals surface area contributed by atoms with Gasteiger partial charge < -0.3 is 15.2 Å². The Morgan fingerprint density at radius 1 is 1.12 bits per heavy atom. The Kier molecular flexibility index (Phi) is 4.91. The summed E-state index contributed by atoms with van der Waals surface area (Å²) < 4.78 is 39.1. The first-order valence-electron chi connectivity index (χ1n) is 10.5. The molecule has 0 radical (unpaired) electrons. The quantitative estimate of drug-likeness (QED) is 0.631. The first kappa shape index (κ1) is 20.5. The zero-order valence-electron chi connectivity index (χ0n) is 17.0. The van der Waals surface area contributed by atoms with Gasteiger partial charge in [0.2, 0.25) is 17.6 Å². The third-order valence-electron chi connectivity index (χ3n) is 6.04. The molecular formula is C23H21F3N4O2. The number of alkyl halides is 3. The number of carbonyl (C=O) groups is 2. The fraction of sp³-hybridized carbons (Fsp3) is 0.348. The van der Waals surface area contributed by atoms with E-state index in [0.717, 1.165) is 18.4 Å². The Hall–Kier alpha value is -3.36. The monoisotopic (exact) mass is 442 g/mol. The van der Waals surface area contributed by atoms with E-state index in [0.29, 0.717) is 12.1 Å². The molecule has 2 heterocycles. The van der Waals surface area contributed by atoms with Crippen molar-refractivity contribution in [1.29, 1.82) is 0 Å². The normalized spacial score (nSPS) is 20.0. The highest BCUT2D eigenvalue weighted by Crippen LogP contribution is 2.34. The third-order valence-corrected chi connectivity index (χ3v) is 6.04. The molecule has 2 aromatic carbocycles. The van der Waals surface area contributed by atoms with Gasteiger partial charge in [-0.2, -0.15) is 13.2 Å². The molecule has 2 aliphatic rings. The highest BCUT2D eigenvalue weighted by atomic mass is 19.4. The number of aromatic amines is 1. The lowest BCUT2D eigenvalue weighted by Gasteiger charge is -2.22. The molecule has 6 nitrogen and oxygen atoms in total. The van der Waals surface area contributed by atoms with Crippen molar-refractivity contribution in [1.82, 2.24) is 20.2 Å². The van der Waals surface area contributed by atoms with Gasteiger partial charge in [-0.05, 0) is 36.1 Å². The van der Waals surface area contributed by atoms with Crippen molar-refractivity contribution < 1.29 is 22.8 Å². The van der Waals surface area contributed by atoms with Crippen LogP contribution in [0.4, 0.5) is 13.2 Å². The number of amides is 2. The number of fused-ring (bicyclic) bond motifs is 1. The maximum atomic E-state index is 13.1. The number of imidazole rings is 1. The Balaban J connectivity index is 1.44. The molecule has 2 amide bonds. The molecule has 0 spiro atoms. The lowest BCUT2D eigenvalue weighted by molar-refractivity contribution is -0.144. The molecule has 0 bridgehead atoms. The van der Waals surface area contributed by atoms with Crippen LogP contribution in [0.1, 0.15) is 42.3 Å². The fourth-order valence-corrected chi connectivity index (χ4v) is 4.25. The van der Waals surface area contributed by atoms with E-state index < -0.39 is 24.0 Å². The molecule has 2 fully saturated rings. The van der Waals surface area contributed by atoms with E-state index in [4.69, 9.17) is 0 Å². The van der Waals surface area contributed by atoms with E-state index in [1.165, 1.54) is 6.07 Å². The van der Waals surface area contributed by atoms with Crippen LogP contribution in [0.2, 0.25) is 0 Å². The van der Waals surface area contributed by atoms with Crippen molar-refractivity contribution in [2.45, 2.75) is 37.5 Å². The van der Waals surface area contributed by atoms with Crippen molar-refractivity contribution in [3.63, 3.8) is 0 Å². The molecule has 1 saturated heterocycles. The molecule has 1 aliphatic heterocycles. The van der Waals surface area contributed by atoms with E-state index in [1.54, 1.807) is 17.0 Å². The summed E-state index contributed by atoms with van der Waals surface area (Å²) in [7, 11) is 0. The van der Waals surface area contributed by atoms with E-state index in [1.807, 2.05) is 30.3 Å². The van der Waals surface area contributed by atoms with Gasteiger partial charge in [-0.1, -0.05) is 36.4 Å². The molecule has 1 aromatic heterocycles. The second kappa shape index (κ2) is 7.65. The summed E-state index contributed by atoms with van der Waals surface area (Å²) in [5.41, 5.74) is 1.85. The molecule has 1 saturated carbocycles. The number of aromatic nitrogens is 2. The summed E-state index contributed by atoms with van der Waals surface area (Å²) in [6.45, 7) is 0.408. The number of H-pyrrole nitrogens is 1. The number of hydrogen-bond donors (Lipinski definition) is 2. The van der Waals surface area contributed by atoms with Crippen LogP contribution in [0, 0.1) is 5.92 Å². The Morgan fingerprint density at radius 3 is 2.56 bits per heavy atom. The zero-order valence-corrected chi connectivity index (χ0v) is 17.0. The van der Waals surface area contributed by atoms with E-state index in [-0.39, 0.29) is 35.3 Å². The van der Waals surface area contributed by atoms with Gasteiger partial charge in [0.25, 0.3) is 0 Å². The standard InChI is InChI=1S/C23H21F3N4O2/c24-23(25,26)22-27-17-9-6-14(10-18(17)28-22)20(13-4-2-1-3-5-13)29-21(32)15-11-19(31)30(12-15)16-7-8-16/h1-6,9-10,15-16,20H,7-8,11-12H2,(H,27,28)(H,29,32). The van der Waals surface area contributed by atoms with Crippen LogP contribution in [0.15, 0.2) is 48.5 Å². The first-order valence-corrected chi connectivity index (χ1v) is 10.5. The third kappa shape index (κ3) is 3.94. The minimum absolute atomic E-state index is 0.00229. The summed E-state index contributed by atoms with van der Waals surface area (Å²) >= 11 is 0. The highest BCUT2D eigenvalue weighted by Gasteiger charge is 2.42. The Bertz CT molecular complexity index is 1170. The number of likely N-dealkylation sites (tertiary alicyclic amines) is 1. The van der Waals surface area contributed by atoms with Gasteiger partial charge in [-0.3, -0.25) is 9.59 Å². The van der Waals surface area contributed by atoms with Gasteiger partial charge in [-0.25, -0.2) is 4.98 Å². The molecule has 3 aromatic rings. The predicted octanol–water partition coefficient (Wildman–Crippen LogP) is 3.80. The Morgan fingerprint density at radius 2 is 1.88 bits per heavy atom. The molecule has 9 heteroatoms. The summed E-state index contributed by atoms with van der Waals surface area (Å²) in [5.74, 6) is -1.74. The average molecular weight is 442 g/mol. The highest BCUT2D eigenvalue weighted by molar-refractivity contribution is 5.90. The Labute approximate surface area is 181 Å². The van der Waals surface area contributed by atoms with Gasteiger partial charge in [0.15, 0.2) is 0 Å². The number of hydrogen-bond acceptors (Lipinski definition) is 3. The second-order valence-corrected chi connectivity index (χ2v) is 8.39. The van der Waals surface area contributed by atoms with Crippen LogP contribution in [0.3, 0.4) is 0 Å². The largest absolute Gasteiger partial charge is 0.449 e. The van der Waals surface area contributed by atoms with Crippen molar-refractivity contribution in [2.24, 2.45) is 5.92 Å². The molecular weight excluding hydrogens is 421 g/mol. The minimum atomic E-state index is -4.57. The topological polar surface area (TPSA) is 78.1 Å². The maximum Gasteiger partial charge on any atom is 0.449 e. The van der Waals surface area contributed by atoms with Gasteiger partial charge >= 0.3 is 6.18 Å². The molecule has 2 N–H and O–H groups in total. The number of carbonyl (C=O) groups excluding carboxylic acids is 2. The van der Waals surface area contributed by atoms with Crippen LogP contribution >= 0.6 is 0 Å². The number of rotatable bonds is 5. The molecule has 1 aliphatic carbocycles. The first-order chi connectivity index (χ1) is 15.3. The SMILES string of the molecule is O=C(NC(c1ccccc1)c1ccc2nc(C(F)(F)F)[nH]c2c1)C1CC(=O)N(C2CC2)C1. The summed E-state index contributed by atoms with van der Waals surface area (Å²) in [6, 6.07) is 13.6. The van der Waals surface area contributed by atoms with Crippen LogP contribution in [-0.4, -0.2) is 39.3 Å². The average Bonchev–Trinajstić information content (AvgIpc) is 3.38. The number of benzene rings is 2. The lowest BCUT2D eigenvalue weighted by atomic mass is 9.97. The number of halogens is 3.